The first-order chi connectivity index (χ1) is 17.3. The van der Waals surface area contributed by atoms with Crippen LogP contribution in [0.2, 0.25) is 0 Å². The molecule has 1 aliphatic heterocycles. The number of hydrogen-bond donors (Lipinski definition) is 2. The van der Waals surface area contributed by atoms with Gasteiger partial charge in [-0.3, -0.25) is 19.1 Å². The number of nitrogen functional groups attached to an aromatic ring is 1. The molecule has 1 amide bonds. The molecule has 0 unspecified atom stereocenters. The third kappa shape index (κ3) is 5.32. The average molecular weight is 497 g/mol. The van der Waals surface area contributed by atoms with Gasteiger partial charge in [0, 0.05) is 32.1 Å². The van der Waals surface area contributed by atoms with Crippen molar-refractivity contribution >= 4 is 34.5 Å². The summed E-state index contributed by atoms with van der Waals surface area (Å²) in [6.45, 7) is 8.13. The summed E-state index contributed by atoms with van der Waals surface area (Å²) in [6, 6.07) is 8.18. The van der Waals surface area contributed by atoms with E-state index in [0.717, 1.165) is 23.9 Å². The maximum absolute atomic E-state index is 13.8. The van der Waals surface area contributed by atoms with Crippen LogP contribution in [-0.2, 0) is 11.3 Å². The number of fused-ring (bicyclic) bond motifs is 1. The Balaban J connectivity index is 1.56. The molecule has 0 spiro atoms. The summed E-state index contributed by atoms with van der Waals surface area (Å²) in [4.78, 5) is 49.6. The van der Waals surface area contributed by atoms with E-state index in [1.165, 1.54) is 9.47 Å². The van der Waals surface area contributed by atoms with Crippen molar-refractivity contribution in [3.05, 3.63) is 45.1 Å². The molecule has 0 bridgehead atoms. The van der Waals surface area contributed by atoms with E-state index in [-0.39, 0.29) is 23.3 Å². The second kappa shape index (κ2) is 11.0. The van der Waals surface area contributed by atoms with Crippen LogP contribution in [0.3, 0.4) is 0 Å². The Morgan fingerprint density at radius 1 is 1.25 bits per heavy atom. The molecular formula is C26H36N6O4. The number of hydrogen-bond acceptors (Lipinski definition) is 7. The Morgan fingerprint density at radius 3 is 2.64 bits per heavy atom. The average Bonchev–Trinajstić information content (AvgIpc) is 3.30. The van der Waals surface area contributed by atoms with Crippen molar-refractivity contribution < 1.29 is 9.21 Å². The predicted molar refractivity (Wildman–Crippen MR) is 141 cm³/mol. The number of nitrogens with two attached hydrogens (primary N) is 1. The second-order valence-electron chi connectivity index (χ2n) is 9.90. The first-order valence-electron chi connectivity index (χ1n) is 12.8. The van der Waals surface area contributed by atoms with Gasteiger partial charge in [0.15, 0.2) is 11.3 Å². The Morgan fingerprint density at radius 2 is 1.97 bits per heavy atom. The molecule has 3 N–H and O–H groups in total. The summed E-state index contributed by atoms with van der Waals surface area (Å²) in [5.41, 5.74) is 6.81. The Bertz CT molecular complexity index is 1280. The molecule has 1 saturated heterocycles. The van der Waals surface area contributed by atoms with Crippen LogP contribution in [0.1, 0.15) is 52.9 Å². The molecule has 0 saturated carbocycles. The number of piperidine rings is 1. The lowest BCUT2D eigenvalue weighted by Crippen LogP contribution is -2.47. The van der Waals surface area contributed by atoms with E-state index in [2.05, 4.69) is 23.8 Å². The molecule has 1 fully saturated rings. The summed E-state index contributed by atoms with van der Waals surface area (Å²) >= 11 is 0. The molecule has 0 atom stereocenters. The predicted octanol–water partition coefficient (Wildman–Crippen LogP) is 3.36. The van der Waals surface area contributed by atoms with Crippen LogP contribution >= 0.6 is 0 Å². The SMILES string of the molecule is CCCCn1c(N)c(N(CCC(C)C)C(=O)C2CCN(c3nc4ccccc4o3)CC2)c(=O)[nH]c1=O. The van der Waals surface area contributed by atoms with Crippen molar-refractivity contribution in [1.82, 2.24) is 14.5 Å². The summed E-state index contributed by atoms with van der Waals surface area (Å²) in [7, 11) is 0. The van der Waals surface area contributed by atoms with Crippen molar-refractivity contribution in [2.45, 2.75) is 59.4 Å². The van der Waals surface area contributed by atoms with E-state index in [4.69, 9.17) is 10.2 Å². The molecule has 0 radical (unpaired) electrons. The van der Waals surface area contributed by atoms with Gasteiger partial charge in [-0.15, -0.1) is 0 Å². The smallest absolute Gasteiger partial charge is 0.330 e. The Labute approximate surface area is 210 Å². The van der Waals surface area contributed by atoms with E-state index in [1.54, 1.807) is 0 Å². The van der Waals surface area contributed by atoms with Crippen molar-refractivity contribution in [3.8, 4) is 0 Å². The molecule has 2 aromatic heterocycles. The number of benzene rings is 1. The molecule has 10 nitrogen and oxygen atoms in total. The number of carbonyl (C=O) groups is 1. The van der Waals surface area contributed by atoms with E-state index < -0.39 is 11.2 Å². The molecular weight excluding hydrogens is 460 g/mol. The Kier molecular flexibility index (Phi) is 7.81. The molecule has 4 rings (SSSR count). The number of aromatic amines is 1. The largest absolute Gasteiger partial charge is 0.423 e. The molecule has 10 heteroatoms. The monoisotopic (exact) mass is 496 g/mol. The van der Waals surface area contributed by atoms with Gasteiger partial charge in [-0.05, 0) is 43.7 Å². The summed E-state index contributed by atoms with van der Waals surface area (Å²) in [5, 5.41) is 0. The molecule has 0 aliphatic carbocycles. The molecule has 3 heterocycles. The molecule has 1 aromatic carbocycles. The van der Waals surface area contributed by atoms with Crippen molar-refractivity contribution in [1.29, 1.82) is 0 Å². The number of nitrogens with zero attached hydrogens (tertiary/aromatic N) is 4. The highest BCUT2D eigenvalue weighted by molar-refractivity contribution is 5.97. The zero-order valence-corrected chi connectivity index (χ0v) is 21.3. The normalized spacial score (nSPS) is 14.6. The fourth-order valence-electron chi connectivity index (χ4n) is 4.63. The molecule has 194 valence electrons. The summed E-state index contributed by atoms with van der Waals surface area (Å²) in [6.07, 6.45) is 3.52. The topological polar surface area (TPSA) is 130 Å². The zero-order chi connectivity index (χ0) is 25.8. The van der Waals surface area contributed by atoms with Gasteiger partial charge in [0.2, 0.25) is 5.91 Å². The van der Waals surface area contributed by atoms with Gasteiger partial charge in [-0.2, -0.15) is 4.98 Å². The number of amides is 1. The van der Waals surface area contributed by atoms with Gasteiger partial charge in [0.25, 0.3) is 11.6 Å². The third-order valence-corrected chi connectivity index (χ3v) is 6.81. The fraction of sp³-hybridized carbons (Fsp3) is 0.538. The van der Waals surface area contributed by atoms with Gasteiger partial charge in [0.05, 0.1) is 0 Å². The van der Waals surface area contributed by atoms with E-state index in [0.29, 0.717) is 57.4 Å². The van der Waals surface area contributed by atoms with Crippen LogP contribution in [0.4, 0.5) is 17.5 Å². The standard InChI is InChI=1S/C26H36N6O4/c1-4-5-13-32-22(27)21(23(33)29-25(32)35)31(16-10-17(2)3)24(34)18-11-14-30(15-12-18)26-28-19-8-6-7-9-20(19)36-26/h6-9,17-18H,4-5,10-16,27H2,1-3H3,(H,29,33,35). The third-order valence-electron chi connectivity index (χ3n) is 6.81. The number of H-pyrrole nitrogens is 1. The maximum Gasteiger partial charge on any atom is 0.330 e. The number of carbonyl (C=O) groups excluding carboxylic acids is 1. The number of oxazole rings is 1. The quantitative estimate of drug-likeness (QED) is 0.464. The lowest BCUT2D eigenvalue weighted by atomic mass is 9.95. The van der Waals surface area contributed by atoms with Crippen molar-refractivity contribution in [3.63, 3.8) is 0 Å². The van der Waals surface area contributed by atoms with E-state index in [9.17, 15) is 14.4 Å². The molecule has 36 heavy (non-hydrogen) atoms. The highest BCUT2D eigenvalue weighted by Crippen LogP contribution is 2.29. The van der Waals surface area contributed by atoms with Gasteiger partial charge in [0.1, 0.15) is 11.3 Å². The zero-order valence-electron chi connectivity index (χ0n) is 21.3. The summed E-state index contributed by atoms with van der Waals surface area (Å²) < 4.78 is 7.26. The van der Waals surface area contributed by atoms with Crippen LogP contribution in [-0.4, -0.2) is 40.1 Å². The van der Waals surface area contributed by atoms with Gasteiger partial charge >= 0.3 is 5.69 Å². The number of aromatic nitrogens is 3. The van der Waals surface area contributed by atoms with Gasteiger partial charge in [-0.25, -0.2) is 4.79 Å². The fourth-order valence-corrected chi connectivity index (χ4v) is 4.63. The minimum Gasteiger partial charge on any atom is -0.423 e. The van der Waals surface area contributed by atoms with Crippen LogP contribution < -0.4 is 26.8 Å². The number of unbranched alkanes of at least 4 members (excludes halogenated alkanes) is 1. The lowest BCUT2D eigenvalue weighted by Gasteiger charge is -2.34. The van der Waals surface area contributed by atoms with Crippen molar-refractivity contribution in [2.75, 3.05) is 35.2 Å². The van der Waals surface area contributed by atoms with Crippen molar-refractivity contribution in [2.24, 2.45) is 11.8 Å². The minimum atomic E-state index is -0.619. The van der Waals surface area contributed by atoms with Crippen LogP contribution in [0, 0.1) is 11.8 Å². The van der Waals surface area contributed by atoms with Gasteiger partial charge in [-0.1, -0.05) is 39.3 Å². The minimum absolute atomic E-state index is 0.0539. The number of rotatable bonds is 9. The second-order valence-corrected chi connectivity index (χ2v) is 9.90. The summed E-state index contributed by atoms with van der Waals surface area (Å²) in [5.74, 6) is -0.0239. The van der Waals surface area contributed by atoms with Crippen LogP contribution in [0.25, 0.3) is 11.1 Å². The Hall–Kier alpha value is -3.56. The van der Waals surface area contributed by atoms with Gasteiger partial charge < -0.3 is 20.0 Å². The van der Waals surface area contributed by atoms with E-state index >= 15 is 0 Å². The lowest BCUT2D eigenvalue weighted by molar-refractivity contribution is -0.123. The first-order valence-corrected chi connectivity index (χ1v) is 12.8. The molecule has 1 aliphatic rings. The highest BCUT2D eigenvalue weighted by atomic mass is 16.4. The van der Waals surface area contributed by atoms with Crippen LogP contribution in [0.5, 0.6) is 0 Å². The van der Waals surface area contributed by atoms with Crippen LogP contribution in [0.15, 0.2) is 38.3 Å². The number of anilines is 3. The highest BCUT2D eigenvalue weighted by Gasteiger charge is 2.33. The number of nitrogens with one attached hydrogen (secondary N) is 1. The number of para-hydroxylation sites is 2. The van der Waals surface area contributed by atoms with E-state index in [1.807, 2.05) is 36.1 Å². The maximum atomic E-state index is 13.8. The first kappa shape index (κ1) is 25.5. The molecule has 3 aromatic rings.